The summed E-state index contributed by atoms with van der Waals surface area (Å²) in [5.41, 5.74) is 0.324. The molecule has 0 fully saturated rings. The van der Waals surface area contributed by atoms with Gasteiger partial charge in [-0.05, 0) is 16.8 Å². The molecule has 1 aromatic heterocycles. The highest BCUT2D eigenvalue weighted by molar-refractivity contribution is 5.91. The fraction of sp³-hybridized carbons (Fsp3) is 0.222. The van der Waals surface area contributed by atoms with Crippen LogP contribution in [0.3, 0.4) is 0 Å². The van der Waals surface area contributed by atoms with E-state index in [1.807, 2.05) is 0 Å². The third kappa shape index (κ3) is 3.52. The van der Waals surface area contributed by atoms with E-state index >= 15 is 0 Å². The molecule has 0 spiro atoms. The van der Waals surface area contributed by atoms with Crippen molar-refractivity contribution in [3.05, 3.63) is 27.9 Å². The van der Waals surface area contributed by atoms with Crippen molar-refractivity contribution >= 4 is 17.8 Å². The number of carboxylic acids is 1. The molecule has 0 atom stereocenters. The number of aliphatic carboxylic acids is 1. The molecular weight excluding hydrogens is 232 g/mol. The lowest BCUT2D eigenvalue weighted by Crippen LogP contribution is -2.14. The molecule has 0 radical (unpaired) electrons. The average molecular weight is 240 g/mol. The summed E-state index contributed by atoms with van der Waals surface area (Å²) in [6.07, 6.45) is 0.226. The Hall–Kier alpha value is -2.51. The summed E-state index contributed by atoms with van der Waals surface area (Å²) in [5, 5.41) is 18.7. The zero-order chi connectivity index (χ0) is 13.0. The Morgan fingerprint density at radius 3 is 2.71 bits per heavy atom. The second-order valence-corrected chi connectivity index (χ2v) is 3.11. The summed E-state index contributed by atoms with van der Waals surface area (Å²) < 4.78 is 4.69. The highest BCUT2D eigenvalue weighted by Gasteiger charge is 2.16. The molecule has 0 aromatic carbocycles. The van der Waals surface area contributed by atoms with Gasteiger partial charge in [0.15, 0.2) is 11.9 Å². The number of nitrogens with zero attached hydrogens (tertiary/aromatic N) is 2. The first kappa shape index (κ1) is 12.6. The van der Waals surface area contributed by atoms with Crippen molar-refractivity contribution in [2.45, 2.75) is 13.3 Å². The number of aromatic nitrogens is 1. The minimum absolute atomic E-state index is 0.00171. The third-order valence-electron chi connectivity index (χ3n) is 1.75. The van der Waals surface area contributed by atoms with Crippen molar-refractivity contribution in [3.8, 4) is 5.75 Å². The maximum absolute atomic E-state index is 11.0. The van der Waals surface area contributed by atoms with Crippen molar-refractivity contribution in [3.63, 3.8) is 0 Å². The van der Waals surface area contributed by atoms with Crippen LogP contribution in [0.15, 0.2) is 12.3 Å². The summed E-state index contributed by atoms with van der Waals surface area (Å²) in [5.74, 6) is -2.65. The minimum atomic E-state index is -1.32. The van der Waals surface area contributed by atoms with Gasteiger partial charge in [0.25, 0.3) is 0 Å². The Morgan fingerprint density at radius 1 is 1.59 bits per heavy atom. The number of ether oxygens (including phenoxy) is 1. The molecule has 8 nitrogen and oxygen atoms in total. The van der Waals surface area contributed by atoms with Crippen molar-refractivity contribution in [2.24, 2.45) is 0 Å². The van der Waals surface area contributed by atoms with E-state index in [4.69, 9.17) is 5.11 Å². The van der Waals surface area contributed by atoms with E-state index in [1.54, 1.807) is 0 Å². The number of hydrogen-bond acceptors (Lipinski definition) is 6. The molecule has 0 aliphatic heterocycles. The quantitative estimate of drug-likeness (QED) is 0.355. The first-order chi connectivity index (χ1) is 7.90. The summed E-state index contributed by atoms with van der Waals surface area (Å²) in [4.78, 5) is 34.4. The highest BCUT2D eigenvalue weighted by atomic mass is 16.6. The molecule has 0 unspecified atom stereocenters. The van der Waals surface area contributed by atoms with Crippen LogP contribution >= 0.6 is 0 Å². The molecule has 0 aliphatic carbocycles. The van der Waals surface area contributed by atoms with Crippen molar-refractivity contribution in [1.29, 1.82) is 0 Å². The van der Waals surface area contributed by atoms with E-state index in [0.29, 0.717) is 5.56 Å². The number of nitro groups is 1. The average Bonchev–Trinajstić information content (AvgIpc) is 2.19. The molecule has 0 saturated carbocycles. The maximum atomic E-state index is 11.0. The SMILES string of the molecule is Cc1cc([N+](=O)[O-])ncc1OC(=O)CC(=O)O. The van der Waals surface area contributed by atoms with Gasteiger partial charge in [0, 0.05) is 11.6 Å². The van der Waals surface area contributed by atoms with E-state index in [-0.39, 0.29) is 11.6 Å². The summed E-state index contributed by atoms with van der Waals surface area (Å²) in [6, 6.07) is 1.13. The van der Waals surface area contributed by atoms with Gasteiger partial charge in [0.2, 0.25) is 0 Å². The number of carboxylic acid groups (broad SMARTS) is 1. The van der Waals surface area contributed by atoms with Crippen LogP contribution in [0.25, 0.3) is 0 Å². The van der Waals surface area contributed by atoms with E-state index in [9.17, 15) is 19.7 Å². The molecular formula is C9H8N2O6. The Balaban J connectivity index is 2.83. The van der Waals surface area contributed by atoms with Crippen LogP contribution in [-0.2, 0) is 9.59 Å². The van der Waals surface area contributed by atoms with E-state index in [2.05, 4.69) is 9.72 Å². The van der Waals surface area contributed by atoms with E-state index in [1.165, 1.54) is 6.92 Å². The van der Waals surface area contributed by atoms with E-state index in [0.717, 1.165) is 12.3 Å². The lowest BCUT2D eigenvalue weighted by molar-refractivity contribution is -0.389. The van der Waals surface area contributed by atoms with Crippen molar-refractivity contribution in [1.82, 2.24) is 4.98 Å². The molecule has 1 aromatic rings. The minimum Gasteiger partial charge on any atom is -0.481 e. The summed E-state index contributed by atoms with van der Waals surface area (Å²) >= 11 is 0. The third-order valence-corrected chi connectivity index (χ3v) is 1.75. The second-order valence-electron chi connectivity index (χ2n) is 3.11. The topological polar surface area (TPSA) is 120 Å². The lowest BCUT2D eigenvalue weighted by atomic mass is 10.2. The van der Waals surface area contributed by atoms with Crippen LogP contribution in [0.1, 0.15) is 12.0 Å². The zero-order valence-corrected chi connectivity index (χ0v) is 8.74. The van der Waals surface area contributed by atoms with Gasteiger partial charge in [-0.2, -0.15) is 0 Å². The zero-order valence-electron chi connectivity index (χ0n) is 8.74. The summed E-state index contributed by atoms with van der Waals surface area (Å²) in [7, 11) is 0. The molecule has 1 N–H and O–H groups in total. The van der Waals surface area contributed by atoms with Gasteiger partial charge in [-0.1, -0.05) is 0 Å². The van der Waals surface area contributed by atoms with E-state index < -0.39 is 23.3 Å². The van der Waals surface area contributed by atoms with Gasteiger partial charge in [0.05, 0.1) is 0 Å². The molecule has 8 heteroatoms. The molecule has 0 saturated heterocycles. The van der Waals surface area contributed by atoms with Gasteiger partial charge in [-0.25, -0.2) is 0 Å². The standard InChI is InChI=1S/C9H8N2O6/c1-5-2-7(11(15)16)10-4-6(5)17-9(14)3-8(12)13/h2,4H,3H2,1H3,(H,12,13). The van der Waals surface area contributed by atoms with Crippen molar-refractivity contribution < 1.29 is 24.4 Å². The molecule has 90 valence electrons. The van der Waals surface area contributed by atoms with Crippen LogP contribution < -0.4 is 4.74 Å². The van der Waals surface area contributed by atoms with Crippen molar-refractivity contribution in [2.75, 3.05) is 0 Å². The number of esters is 1. The number of pyridine rings is 1. The van der Waals surface area contributed by atoms with Crippen LogP contribution in [0, 0.1) is 17.0 Å². The first-order valence-electron chi connectivity index (χ1n) is 4.43. The van der Waals surface area contributed by atoms with Crippen LogP contribution in [-0.4, -0.2) is 27.0 Å². The van der Waals surface area contributed by atoms with Gasteiger partial charge in [0.1, 0.15) is 6.42 Å². The Bertz CT molecular complexity index is 484. The first-order valence-corrected chi connectivity index (χ1v) is 4.43. The number of aryl methyl sites for hydroxylation is 1. The molecule has 0 aliphatic rings. The smallest absolute Gasteiger partial charge is 0.363 e. The molecule has 1 rings (SSSR count). The van der Waals surface area contributed by atoms with Crippen LogP contribution in [0.2, 0.25) is 0 Å². The van der Waals surface area contributed by atoms with Gasteiger partial charge in [-0.15, -0.1) is 0 Å². The lowest BCUT2D eigenvalue weighted by Gasteiger charge is -2.03. The monoisotopic (exact) mass is 240 g/mol. The van der Waals surface area contributed by atoms with Crippen LogP contribution in [0.4, 0.5) is 5.82 Å². The number of carbonyl (C=O) groups is 2. The van der Waals surface area contributed by atoms with Gasteiger partial charge in [-0.3, -0.25) is 9.59 Å². The molecule has 17 heavy (non-hydrogen) atoms. The maximum Gasteiger partial charge on any atom is 0.363 e. The second kappa shape index (κ2) is 5.01. The predicted molar refractivity (Wildman–Crippen MR) is 53.5 cm³/mol. The number of carbonyl (C=O) groups excluding carboxylic acids is 1. The number of rotatable bonds is 4. The fourth-order valence-corrected chi connectivity index (χ4v) is 1.02. The Labute approximate surface area is 95.0 Å². The predicted octanol–water partition coefficient (Wildman–Crippen LogP) is 0.678. The normalized spacial score (nSPS) is 9.71. The van der Waals surface area contributed by atoms with Gasteiger partial charge >= 0.3 is 17.8 Å². The molecule has 1 heterocycles. The Kier molecular flexibility index (Phi) is 3.70. The van der Waals surface area contributed by atoms with Gasteiger partial charge < -0.3 is 20.0 Å². The molecule has 0 amide bonds. The Morgan fingerprint density at radius 2 is 2.24 bits per heavy atom. The molecule has 0 bridgehead atoms. The van der Waals surface area contributed by atoms with Crippen LogP contribution in [0.5, 0.6) is 5.75 Å². The fourth-order valence-electron chi connectivity index (χ4n) is 1.02. The highest BCUT2D eigenvalue weighted by Crippen LogP contribution is 2.20. The largest absolute Gasteiger partial charge is 0.481 e. The summed E-state index contributed by atoms with van der Waals surface area (Å²) in [6.45, 7) is 1.48. The number of hydrogen-bond donors (Lipinski definition) is 1.